The van der Waals surface area contributed by atoms with Crippen LogP contribution >= 0.6 is 11.6 Å². The number of nitrogens with zero attached hydrogens (tertiary/aromatic N) is 2. The summed E-state index contributed by atoms with van der Waals surface area (Å²) < 4.78 is 13.0. The van der Waals surface area contributed by atoms with Gasteiger partial charge in [-0.25, -0.2) is 0 Å². The Labute approximate surface area is 162 Å². The van der Waals surface area contributed by atoms with E-state index >= 15 is 0 Å². The second-order valence-electron chi connectivity index (χ2n) is 5.90. The third kappa shape index (κ3) is 4.60. The smallest absolute Gasteiger partial charge is 0.287 e. The molecule has 1 amide bonds. The van der Waals surface area contributed by atoms with Crippen LogP contribution in [0.4, 0.5) is 0 Å². The summed E-state index contributed by atoms with van der Waals surface area (Å²) >= 11 is 6.03. The van der Waals surface area contributed by atoms with Crippen molar-refractivity contribution in [3.63, 3.8) is 0 Å². The molecule has 0 atom stereocenters. The van der Waals surface area contributed by atoms with Gasteiger partial charge in [-0.05, 0) is 30.2 Å². The molecule has 27 heavy (non-hydrogen) atoms. The molecule has 0 aliphatic rings. The van der Waals surface area contributed by atoms with Gasteiger partial charge in [-0.2, -0.15) is 5.10 Å². The number of allylic oxidation sites excluding steroid dienone is 1. The molecule has 0 spiro atoms. The van der Waals surface area contributed by atoms with Crippen LogP contribution in [0.25, 0.3) is 0 Å². The SMILES string of the molecule is C=CCc1ccccc1OCc1ccc(C(=O)NCc2c(Cl)cnn2C)o1. The molecular formula is C20H20ClN3O3. The first-order valence-electron chi connectivity index (χ1n) is 8.43. The number of amides is 1. The fraction of sp³-hybridized carbons (Fsp3) is 0.200. The van der Waals surface area contributed by atoms with E-state index in [0.29, 0.717) is 10.8 Å². The van der Waals surface area contributed by atoms with Gasteiger partial charge in [0, 0.05) is 7.05 Å². The number of carbonyl (C=O) groups is 1. The van der Waals surface area contributed by atoms with E-state index in [1.807, 2.05) is 30.3 Å². The van der Waals surface area contributed by atoms with E-state index in [9.17, 15) is 4.79 Å². The molecule has 0 aliphatic heterocycles. The summed E-state index contributed by atoms with van der Waals surface area (Å²) in [6.45, 7) is 4.24. The Morgan fingerprint density at radius 1 is 1.37 bits per heavy atom. The molecular weight excluding hydrogens is 366 g/mol. The van der Waals surface area contributed by atoms with Crippen molar-refractivity contribution in [1.29, 1.82) is 0 Å². The quantitative estimate of drug-likeness (QED) is 0.597. The van der Waals surface area contributed by atoms with Gasteiger partial charge in [-0.1, -0.05) is 35.9 Å². The Morgan fingerprint density at radius 3 is 2.93 bits per heavy atom. The Hall–Kier alpha value is -2.99. The number of rotatable bonds is 8. The van der Waals surface area contributed by atoms with Crippen molar-refractivity contribution in [3.8, 4) is 5.75 Å². The van der Waals surface area contributed by atoms with Crippen molar-refractivity contribution in [2.75, 3.05) is 0 Å². The van der Waals surface area contributed by atoms with Crippen LogP contribution in [0.15, 0.2) is 59.7 Å². The van der Waals surface area contributed by atoms with Gasteiger partial charge >= 0.3 is 0 Å². The van der Waals surface area contributed by atoms with E-state index in [0.717, 1.165) is 23.4 Å². The maximum atomic E-state index is 12.3. The van der Waals surface area contributed by atoms with Crippen LogP contribution in [0, 0.1) is 0 Å². The second kappa shape index (κ2) is 8.60. The van der Waals surface area contributed by atoms with Crippen molar-refractivity contribution >= 4 is 17.5 Å². The molecule has 0 bridgehead atoms. The van der Waals surface area contributed by atoms with E-state index in [4.69, 9.17) is 20.8 Å². The molecule has 2 aromatic heterocycles. The average molecular weight is 386 g/mol. The van der Waals surface area contributed by atoms with E-state index in [-0.39, 0.29) is 24.8 Å². The summed E-state index contributed by atoms with van der Waals surface area (Å²) in [5.74, 6) is 1.22. The van der Waals surface area contributed by atoms with Crippen LogP contribution in [-0.4, -0.2) is 15.7 Å². The van der Waals surface area contributed by atoms with Crippen molar-refractivity contribution in [3.05, 3.63) is 83.1 Å². The molecule has 3 rings (SSSR count). The third-order valence-electron chi connectivity index (χ3n) is 4.02. The van der Waals surface area contributed by atoms with Gasteiger partial charge in [0.05, 0.1) is 23.5 Å². The van der Waals surface area contributed by atoms with Crippen molar-refractivity contribution in [2.45, 2.75) is 19.6 Å². The van der Waals surface area contributed by atoms with E-state index in [1.54, 1.807) is 23.9 Å². The maximum Gasteiger partial charge on any atom is 0.287 e. The van der Waals surface area contributed by atoms with Crippen LogP contribution in [0.5, 0.6) is 5.75 Å². The zero-order valence-electron chi connectivity index (χ0n) is 14.9. The number of para-hydroxylation sites is 1. The number of hydrogen-bond acceptors (Lipinski definition) is 4. The predicted molar refractivity (Wildman–Crippen MR) is 103 cm³/mol. The Balaban J connectivity index is 1.58. The number of ether oxygens (including phenoxy) is 1. The van der Waals surface area contributed by atoms with Crippen LogP contribution < -0.4 is 10.1 Å². The number of carbonyl (C=O) groups excluding carboxylic acids is 1. The highest BCUT2D eigenvalue weighted by atomic mass is 35.5. The van der Waals surface area contributed by atoms with Gasteiger partial charge in [0.1, 0.15) is 18.1 Å². The van der Waals surface area contributed by atoms with Gasteiger partial charge < -0.3 is 14.5 Å². The molecule has 1 aromatic carbocycles. The van der Waals surface area contributed by atoms with Crippen molar-refractivity contribution in [1.82, 2.24) is 15.1 Å². The summed E-state index contributed by atoms with van der Waals surface area (Å²) in [5, 5.41) is 7.30. The number of halogens is 1. The van der Waals surface area contributed by atoms with Crippen molar-refractivity contribution < 1.29 is 13.9 Å². The highest BCUT2D eigenvalue weighted by Crippen LogP contribution is 2.21. The van der Waals surface area contributed by atoms with Crippen LogP contribution in [0.1, 0.15) is 27.6 Å². The molecule has 0 saturated carbocycles. The zero-order valence-corrected chi connectivity index (χ0v) is 15.7. The van der Waals surface area contributed by atoms with Crippen LogP contribution in [0.3, 0.4) is 0 Å². The van der Waals surface area contributed by atoms with Crippen LogP contribution in [0.2, 0.25) is 5.02 Å². The lowest BCUT2D eigenvalue weighted by atomic mass is 10.1. The lowest BCUT2D eigenvalue weighted by Gasteiger charge is -2.09. The number of aromatic nitrogens is 2. The number of nitrogens with one attached hydrogen (secondary N) is 1. The molecule has 0 radical (unpaired) electrons. The first kappa shape index (κ1) is 18.8. The van der Waals surface area contributed by atoms with E-state index in [1.165, 1.54) is 6.20 Å². The molecule has 0 fully saturated rings. The van der Waals surface area contributed by atoms with Gasteiger partial charge in [-0.3, -0.25) is 9.48 Å². The van der Waals surface area contributed by atoms with Gasteiger partial charge in [0.25, 0.3) is 5.91 Å². The highest BCUT2D eigenvalue weighted by Gasteiger charge is 2.14. The van der Waals surface area contributed by atoms with E-state index < -0.39 is 0 Å². The zero-order chi connectivity index (χ0) is 19.2. The van der Waals surface area contributed by atoms with Crippen LogP contribution in [-0.2, 0) is 26.6 Å². The van der Waals surface area contributed by atoms with Crippen molar-refractivity contribution in [2.24, 2.45) is 7.05 Å². The number of benzene rings is 1. The molecule has 140 valence electrons. The monoisotopic (exact) mass is 385 g/mol. The fourth-order valence-electron chi connectivity index (χ4n) is 2.58. The van der Waals surface area contributed by atoms with Gasteiger partial charge in [-0.15, -0.1) is 6.58 Å². The molecule has 1 N–H and O–H groups in total. The van der Waals surface area contributed by atoms with Gasteiger partial charge in [0.15, 0.2) is 5.76 Å². The minimum absolute atomic E-state index is 0.214. The molecule has 0 saturated heterocycles. The second-order valence-corrected chi connectivity index (χ2v) is 6.31. The minimum atomic E-state index is -0.328. The Morgan fingerprint density at radius 2 is 2.19 bits per heavy atom. The topological polar surface area (TPSA) is 69.3 Å². The van der Waals surface area contributed by atoms with Gasteiger partial charge in [0.2, 0.25) is 0 Å². The summed E-state index contributed by atoms with van der Waals surface area (Å²) in [6.07, 6.45) is 4.08. The third-order valence-corrected chi connectivity index (χ3v) is 4.33. The number of furan rings is 1. The molecule has 7 heteroatoms. The van der Waals surface area contributed by atoms with E-state index in [2.05, 4.69) is 17.0 Å². The number of aryl methyl sites for hydroxylation is 1. The predicted octanol–water partition coefficient (Wildman–Crippen LogP) is 3.90. The maximum absolute atomic E-state index is 12.3. The largest absolute Gasteiger partial charge is 0.485 e. The molecule has 2 heterocycles. The first-order chi connectivity index (χ1) is 13.1. The molecule has 0 aliphatic carbocycles. The minimum Gasteiger partial charge on any atom is -0.485 e. The Bertz CT molecular complexity index is 926. The number of hydrogen-bond donors (Lipinski definition) is 1. The first-order valence-corrected chi connectivity index (χ1v) is 8.81. The average Bonchev–Trinajstić information content (AvgIpc) is 3.26. The standard InChI is InChI=1S/C20H20ClN3O3/c1-3-6-14-7-4-5-8-18(14)26-13-15-9-10-19(27-15)20(25)22-12-17-16(21)11-23-24(17)2/h3-5,7-11H,1,6,12-13H2,2H3,(H,22,25). The fourth-order valence-corrected chi connectivity index (χ4v) is 2.81. The summed E-state index contributed by atoms with van der Waals surface area (Å²) in [6, 6.07) is 11.1. The summed E-state index contributed by atoms with van der Waals surface area (Å²) in [4.78, 5) is 12.3. The lowest BCUT2D eigenvalue weighted by Crippen LogP contribution is -2.23. The highest BCUT2D eigenvalue weighted by molar-refractivity contribution is 6.31. The summed E-state index contributed by atoms with van der Waals surface area (Å²) in [7, 11) is 1.76. The Kier molecular flexibility index (Phi) is 5.98. The summed E-state index contributed by atoms with van der Waals surface area (Å²) in [5.41, 5.74) is 1.77. The molecule has 0 unspecified atom stereocenters. The molecule has 3 aromatic rings. The molecule has 6 nitrogen and oxygen atoms in total. The normalized spacial score (nSPS) is 10.6. The lowest BCUT2D eigenvalue weighted by molar-refractivity contribution is 0.0918.